The van der Waals surface area contributed by atoms with Crippen LogP contribution in [0.4, 0.5) is 0 Å². The number of rotatable bonds is 13. The predicted octanol–water partition coefficient (Wildman–Crippen LogP) is -1.16. The first-order valence-corrected chi connectivity index (χ1v) is 7.31. The molecular weight excluding hydrogens is 294 g/mol. The van der Waals surface area contributed by atoms with Gasteiger partial charge in [0.1, 0.15) is 0 Å². The van der Waals surface area contributed by atoms with Gasteiger partial charge < -0.3 is 31.3 Å². The molecule has 8 nitrogen and oxygen atoms in total. The lowest BCUT2D eigenvalue weighted by atomic mass is 9.55. The standard InChI is InChI=1S/C14H27NO7/c15-12(22)14(5-9-18,6-10-19)13(3-7-16,4-8-17)2-1-11(20)21/h16-19H,1-10H2,(H2,15,22)(H,20,21). The van der Waals surface area contributed by atoms with Gasteiger partial charge in [-0.2, -0.15) is 0 Å². The Morgan fingerprint density at radius 1 is 0.773 bits per heavy atom. The molecule has 130 valence electrons. The number of nitrogens with two attached hydrogens (primary N) is 1. The van der Waals surface area contributed by atoms with Crippen molar-refractivity contribution in [3.8, 4) is 0 Å². The van der Waals surface area contributed by atoms with E-state index in [4.69, 9.17) is 10.8 Å². The molecule has 8 heteroatoms. The maximum Gasteiger partial charge on any atom is 0.303 e. The van der Waals surface area contributed by atoms with Gasteiger partial charge in [-0.3, -0.25) is 9.59 Å². The van der Waals surface area contributed by atoms with Gasteiger partial charge in [0.25, 0.3) is 0 Å². The smallest absolute Gasteiger partial charge is 0.303 e. The van der Waals surface area contributed by atoms with Crippen LogP contribution in [0.5, 0.6) is 0 Å². The summed E-state index contributed by atoms with van der Waals surface area (Å²) in [7, 11) is 0. The van der Waals surface area contributed by atoms with Crippen molar-refractivity contribution in [2.45, 2.75) is 38.5 Å². The van der Waals surface area contributed by atoms with Crippen LogP contribution in [0.3, 0.4) is 0 Å². The van der Waals surface area contributed by atoms with Gasteiger partial charge in [-0.15, -0.1) is 0 Å². The third-order valence-corrected chi connectivity index (χ3v) is 4.56. The minimum absolute atomic E-state index is 0.00634. The zero-order valence-electron chi connectivity index (χ0n) is 12.7. The first-order chi connectivity index (χ1) is 10.4. The Bertz CT molecular complexity index is 347. The van der Waals surface area contributed by atoms with Crippen LogP contribution in [0.15, 0.2) is 0 Å². The van der Waals surface area contributed by atoms with Crippen LogP contribution in [-0.4, -0.2) is 63.8 Å². The molecule has 0 aromatic rings. The summed E-state index contributed by atoms with van der Waals surface area (Å²) in [6, 6.07) is 0. The molecule has 7 N–H and O–H groups in total. The number of carbonyl (C=O) groups excluding carboxylic acids is 1. The van der Waals surface area contributed by atoms with Crippen molar-refractivity contribution < 1.29 is 35.1 Å². The van der Waals surface area contributed by atoms with E-state index >= 15 is 0 Å². The SMILES string of the molecule is NC(=O)C(CCO)(CCO)C(CCO)(CCO)CCC(=O)O. The third kappa shape index (κ3) is 4.64. The molecule has 0 fully saturated rings. The molecule has 0 aliphatic heterocycles. The Morgan fingerprint density at radius 3 is 1.45 bits per heavy atom. The molecule has 0 atom stereocenters. The molecular formula is C14H27NO7. The topological polar surface area (TPSA) is 161 Å². The van der Waals surface area contributed by atoms with E-state index in [1.54, 1.807) is 0 Å². The summed E-state index contributed by atoms with van der Waals surface area (Å²) in [5.74, 6) is -1.85. The molecule has 0 aliphatic carbocycles. The van der Waals surface area contributed by atoms with Gasteiger partial charge in [-0.05, 0) is 37.5 Å². The van der Waals surface area contributed by atoms with Crippen LogP contribution in [0.1, 0.15) is 38.5 Å². The molecule has 0 radical (unpaired) electrons. The number of hydrogen-bond acceptors (Lipinski definition) is 6. The Labute approximate surface area is 129 Å². The number of aliphatic hydroxyl groups excluding tert-OH is 4. The number of aliphatic carboxylic acids is 1. The van der Waals surface area contributed by atoms with Crippen molar-refractivity contribution in [2.75, 3.05) is 26.4 Å². The Balaban J connectivity index is 5.95. The molecule has 0 unspecified atom stereocenters. The van der Waals surface area contributed by atoms with Gasteiger partial charge in [0.15, 0.2) is 0 Å². The van der Waals surface area contributed by atoms with Crippen LogP contribution in [0, 0.1) is 10.8 Å². The largest absolute Gasteiger partial charge is 0.481 e. The number of carbonyl (C=O) groups is 2. The molecule has 0 heterocycles. The highest BCUT2D eigenvalue weighted by Gasteiger charge is 2.53. The molecule has 1 amide bonds. The normalized spacial score (nSPS) is 12.4. The van der Waals surface area contributed by atoms with Crippen LogP contribution >= 0.6 is 0 Å². The summed E-state index contributed by atoms with van der Waals surface area (Å²) < 4.78 is 0. The average molecular weight is 321 g/mol. The molecule has 0 rings (SSSR count). The van der Waals surface area contributed by atoms with Crippen molar-refractivity contribution in [1.29, 1.82) is 0 Å². The summed E-state index contributed by atoms with van der Waals surface area (Å²) in [5, 5.41) is 46.3. The van der Waals surface area contributed by atoms with E-state index in [1.807, 2.05) is 0 Å². The first kappa shape index (κ1) is 20.8. The maximum atomic E-state index is 12.1. The fourth-order valence-electron chi connectivity index (χ4n) is 3.41. The summed E-state index contributed by atoms with van der Waals surface area (Å²) in [5.41, 5.74) is 3.03. The molecule has 0 aromatic carbocycles. The molecule has 0 aromatic heterocycles. The van der Waals surface area contributed by atoms with E-state index in [9.17, 15) is 30.0 Å². The number of hydrogen-bond donors (Lipinski definition) is 6. The molecule has 0 saturated heterocycles. The monoisotopic (exact) mass is 321 g/mol. The number of carboxylic acids is 1. The van der Waals surface area contributed by atoms with E-state index in [2.05, 4.69) is 0 Å². The van der Waals surface area contributed by atoms with E-state index in [0.29, 0.717) is 0 Å². The van der Waals surface area contributed by atoms with Crippen molar-refractivity contribution in [3.63, 3.8) is 0 Å². The highest BCUT2D eigenvalue weighted by atomic mass is 16.4. The minimum Gasteiger partial charge on any atom is -0.481 e. The van der Waals surface area contributed by atoms with Gasteiger partial charge in [-0.25, -0.2) is 0 Å². The van der Waals surface area contributed by atoms with Gasteiger partial charge in [0.05, 0.1) is 5.41 Å². The Morgan fingerprint density at radius 2 is 1.18 bits per heavy atom. The zero-order valence-corrected chi connectivity index (χ0v) is 12.7. The molecule has 0 bridgehead atoms. The molecule has 0 saturated carbocycles. The van der Waals surface area contributed by atoms with Gasteiger partial charge >= 0.3 is 5.97 Å². The Kier molecular flexibility index (Phi) is 9.19. The number of aliphatic hydroxyl groups is 4. The fourth-order valence-corrected chi connectivity index (χ4v) is 3.41. The minimum atomic E-state index is -1.39. The van der Waals surface area contributed by atoms with E-state index in [-0.39, 0.29) is 65.0 Å². The second-order valence-electron chi connectivity index (χ2n) is 5.51. The summed E-state index contributed by atoms with van der Waals surface area (Å²) in [6.07, 6.45) is -0.309. The van der Waals surface area contributed by atoms with E-state index in [1.165, 1.54) is 0 Å². The number of amides is 1. The summed E-state index contributed by atoms with van der Waals surface area (Å²) in [4.78, 5) is 23.1. The van der Waals surface area contributed by atoms with Crippen molar-refractivity contribution >= 4 is 11.9 Å². The lowest BCUT2D eigenvalue weighted by Crippen LogP contribution is -2.53. The lowest BCUT2D eigenvalue weighted by molar-refractivity contribution is -0.148. The fraction of sp³-hybridized carbons (Fsp3) is 0.857. The predicted molar refractivity (Wildman–Crippen MR) is 77.7 cm³/mol. The first-order valence-electron chi connectivity index (χ1n) is 7.31. The summed E-state index contributed by atoms with van der Waals surface area (Å²) in [6.45, 7) is -1.42. The Hall–Kier alpha value is -1.22. The van der Waals surface area contributed by atoms with Crippen molar-refractivity contribution in [1.82, 2.24) is 0 Å². The summed E-state index contributed by atoms with van der Waals surface area (Å²) >= 11 is 0. The van der Waals surface area contributed by atoms with Gasteiger partial charge in [0.2, 0.25) is 5.91 Å². The second-order valence-corrected chi connectivity index (χ2v) is 5.51. The second kappa shape index (κ2) is 9.73. The van der Waals surface area contributed by atoms with Crippen LogP contribution in [-0.2, 0) is 9.59 Å². The van der Waals surface area contributed by atoms with Crippen LogP contribution < -0.4 is 5.73 Å². The number of carboxylic acid groups (broad SMARTS) is 1. The van der Waals surface area contributed by atoms with Crippen LogP contribution in [0.25, 0.3) is 0 Å². The van der Waals surface area contributed by atoms with Gasteiger partial charge in [-0.1, -0.05) is 0 Å². The average Bonchev–Trinajstić information content (AvgIpc) is 2.44. The van der Waals surface area contributed by atoms with Crippen molar-refractivity contribution in [3.05, 3.63) is 0 Å². The van der Waals surface area contributed by atoms with Gasteiger partial charge in [0, 0.05) is 32.8 Å². The lowest BCUT2D eigenvalue weighted by Gasteiger charge is -2.49. The molecule has 0 aliphatic rings. The number of primary amides is 1. The zero-order chi connectivity index (χ0) is 17.2. The van der Waals surface area contributed by atoms with E-state index < -0.39 is 22.7 Å². The van der Waals surface area contributed by atoms with Crippen LogP contribution in [0.2, 0.25) is 0 Å². The maximum absolute atomic E-state index is 12.1. The highest BCUT2D eigenvalue weighted by Crippen LogP contribution is 2.52. The highest BCUT2D eigenvalue weighted by molar-refractivity contribution is 5.82. The van der Waals surface area contributed by atoms with E-state index in [0.717, 1.165) is 0 Å². The third-order valence-electron chi connectivity index (χ3n) is 4.56. The quantitative estimate of drug-likeness (QED) is 0.249. The van der Waals surface area contributed by atoms with Crippen molar-refractivity contribution in [2.24, 2.45) is 16.6 Å². The molecule has 0 spiro atoms. The molecule has 22 heavy (non-hydrogen) atoms.